The van der Waals surface area contributed by atoms with E-state index in [2.05, 4.69) is 72.3 Å². The summed E-state index contributed by atoms with van der Waals surface area (Å²) >= 11 is 0. The summed E-state index contributed by atoms with van der Waals surface area (Å²) in [5, 5.41) is 51.5. The second-order valence-corrected chi connectivity index (χ2v) is 22.5. The van der Waals surface area contributed by atoms with Crippen LogP contribution in [0.2, 0.25) is 0 Å². The highest BCUT2D eigenvalue weighted by molar-refractivity contribution is 5.98. The number of rotatable bonds is 27. The number of benzene rings is 1. The minimum absolute atomic E-state index is 0.0731. The third-order valence-corrected chi connectivity index (χ3v) is 15.0. The number of aliphatic hydroxyl groups excluding tert-OH is 2. The van der Waals surface area contributed by atoms with Gasteiger partial charge in [-0.15, -0.1) is 0 Å². The van der Waals surface area contributed by atoms with E-state index >= 15 is 0 Å². The van der Waals surface area contributed by atoms with Gasteiger partial charge in [0.1, 0.15) is 48.3 Å². The number of hydrogen-bond acceptors (Lipinski definition) is 18. The zero-order valence-corrected chi connectivity index (χ0v) is 50.0. The summed E-state index contributed by atoms with van der Waals surface area (Å²) in [5.74, 6) is -8.00. The fraction of sp³-hybridized carbons (Fsp3) is 0.714. The fourth-order valence-corrected chi connectivity index (χ4v) is 9.78. The van der Waals surface area contributed by atoms with Gasteiger partial charge in [0, 0.05) is 44.7 Å². The average molecular weight is 1190 g/mol. The number of fused-ring (bicyclic) bond motifs is 4. The number of nitrogens with two attached hydrogens (primary N) is 4. The highest BCUT2D eigenvalue weighted by Crippen LogP contribution is 2.15. The van der Waals surface area contributed by atoms with Crippen LogP contribution in [0.5, 0.6) is 0 Å². The highest BCUT2D eigenvalue weighted by Gasteiger charge is 2.40. The first-order valence-electron chi connectivity index (χ1n) is 29.6. The molecule has 2 saturated heterocycles. The molecule has 6 unspecified atom stereocenters. The van der Waals surface area contributed by atoms with E-state index in [-0.39, 0.29) is 70.1 Å². The molecule has 1 aromatic rings. The Hall–Kier alpha value is -6.40. The molecule has 2 bridgehead atoms. The molecule has 0 radical (unpaired) electrons. The van der Waals surface area contributed by atoms with E-state index in [4.69, 9.17) is 22.9 Å². The molecule has 28 nitrogen and oxygen atoms in total. The number of unbranched alkanes of at least 4 members (excludes halogenated alkanes) is 1. The Balaban J connectivity index is 2.12. The summed E-state index contributed by atoms with van der Waals surface area (Å²) in [4.78, 5) is 144. The van der Waals surface area contributed by atoms with Crippen molar-refractivity contribution in [2.24, 2.45) is 34.8 Å². The topological polar surface area (TPSA) is 451 Å². The molecule has 0 spiro atoms. The zero-order valence-electron chi connectivity index (χ0n) is 50.0. The predicted molar refractivity (Wildman–Crippen MR) is 314 cm³/mol. The van der Waals surface area contributed by atoms with E-state index in [1.165, 1.54) is 18.7 Å². The van der Waals surface area contributed by atoms with Gasteiger partial charge in [-0.05, 0) is 103 Å². The van der Waals surface area contributed by atoms with Gasteiger partial charge >= 0.3 is 0 Å². The molecule has 1 aromatic carbocycles. The molecular weight excluding hydrogens is 1090 g/mol. The predicted octanol–water partition coefficient (Wildman–Crippen LogP) is -4.50. The van der Waals surface area contributed by atoms with Crippen molar-refractivity contribution in [3.8, 4) is 0 Å². The molecule has 14 atom stereocenters. The second kappa shape index (κ2) is 37.1. The van der Waals surface area contributed by atoms with E-state index in [1.54, 1.807) is 51.1 Å². The Morgan fingerprint density at radius 2 is 1.32 bits per heavy atom. The Labute approximate surface area is 493 Å². The minimum Gasteiger partial charge on any atom is -0.391 e. The van der Waals surface area contributed by atoms with Gasteiger partial charge in [-0.1, -0.05) is 77.3 Å². The minimum atomic E-state index is -1.80. The first kappa shape index (κ1) is 71.9. The monoisotopic (exact) mass is 1190 g/mol. The van der Waals surface area contributed by atoms with Crippen LogP contribution < -0.4 is 81.4 Å². The van der Waals surface area contributed by atoms with Crippen LogP contribution >= 0.6 is 0 Å². The van der Waals surface area contributed by atoms with E-state index in [0.29, 0.717) is 30.7 Å². The first-order chi connectivity index (χ1) is 39.9. The van der Waals surface area contributed by atoms with Gasteiger partial charge in [0.2, 0.25) is 53.2 Å². The second-order valence-electron chi connectivity index (χ2n) is 22.5. The van der Waals surface area contributed by atoms with E-state index in [9.17, 15) is 58.2 Å². The third kappa shape index (κ3) is 23.9. The van der Waals surface area contributed by atoms with Crippen LogP contribution in [-0.4, -0.2) is 192 Å². The van der Waals surface area contributed by atoms with Crippen molar-refractivity contribution in [3.63, 3.8) is 0 Å². The Kier molecular flexibility index (Phi) is 31.8. The molecular formula is C56H98N16O12. The molecule has 2 aliphatic heterocycles. The van der Waals surface area contributed by atoms with E-state index in [0.717, 1.165) is 19.3 Å². The Bertz CT molecular complexity index is 2300. The Morgan fingerprint density at radius 3 is 1.93 bits per heavy atom. The molecule has 474 valence electrons. The van der Waals surface area contributed by atoms with E-state index in [1.807, 2.05) is 0 Å². The SMILES string of the molecule is CCC(C)CCCCC(=O)N[C@@H](CCN)C(C)N[C@H](C(=O)N[C@@H](CCN)C(=O)NC1CCNC(=O)[C@H](C(C)O)NC(=O)[C@@H]2CCN(CN)[C@H](NC1=O)C(=O)N[C@H](Cc1ccccc1)C(=O)N[C@@H](CC(C)C)C(=O)NC(CCN)C(=O)N2)C(C)O. The molecule has 10 amide bonds. The van der Waals surface area contributed by atoms with Crippen LogP contribution in [0.15, 0.2) is 30.3 Å². The summed E-state index contributed by atoms with van der Waals surface area (Å²) < 4.78 is 0. The van der Waals surface area contributed by atoms with Crippen LogP contribution in [-0.2, 0) is 54.4 Å². The molecule has 21 N–H and O–H groups in total. The molecule has 3 rings (SSSR count). The number of amides is 10. The van der Waals surface area contributed by atoms with Crippen LogP contribution in [0, 0.1) is 11.8 Å². The smallest absolute Gasteiger partial charge is 0.258 e. The summed E-state index contributed by atoms with van der Waals surface area (Å²) in [7, 11) is 0. The van der Waals surface area contributed by atoms with Crippen molar-refractivity contribution in [3.05, 3.63) is 35.9 Å². The molecule has 2 fully saturated rings. The van der Waals surface area contributed by atoms with Gasteiger partial charge in [0.15, 0.2) is 6.17 Å². The standard InChI is InChI=1S/C56H98N16O12/c1-8-32(4)14-12-13-17-44(75)63-37(18-23-57)33(5)62-46(35(7)74)55(83)67-39(20-25-59)49(77)65-40-21-26-61-54(82)45(34(6)73)70-50(78)41-22-27-72(30-60)47(71-51(40)79)56(84)69-43(29-36-15-10-9-11-16-36)53(81)68-42(28-31(2)3)52(80)64-38(19-24-58)48(76)66-41/h9-11,15-16,31-35,37-43,45-47,62,73-74H,8,12-14,17-30,57-60H2,1-7H3,(H,61,82)(H,63,75)(H,64,80)(H,65,77)(H,66,76)(H,67,83)(H,68,81)(H,69,84)(H,70,78)(H,71,79)/t32?,33?,34?,35?,37-,38?,39-,40?,41-,42-,43+,45-,46-,47-/m0/s1. The molecule has 2 aliphatic rings. The maximum Gasteiger partial charge on any atom is 0.258 e. The number of nitrogens with zero attached hydrogens (tertiary/aromatic N) is 1. The zero-order chi connectivity index (χ0) is 62.6. The molecule has 0 aliphatic carbocycles. The van der Waals surface area contributed by atoms with Crippen LogP contribution in [0.25, 0.3) is 0 Å². The maximum absolute atomic E-state index is 14.9. The normalized spacial score (nSPS) is 24.4. The van der Waals surface area contributed by atoms with Gasteiger partial charge < -0.3 is 86.3 Å². The number of hydrogen-bond donors (Lipinski definition) is 17. The maximum atomic E-state index is 14.9. The third-order valence-electron chi connectivity index (χ3n) is 15.0. The first-order valence-corrected chi connectivity index (χ1v) is 29.6. The van der Waals surface area contributed by atoms with Crippen LogP contribution in [0.3, 0.4) is 0 Å². The van der Waals surface area contributed by atoms with Gasteiger partial charge in [-0.2, -0.15) is 0 Å². The molecule has 0 saturated carbocycles. The lowest BCUT2D eigenvalue weighted by atomic mass is 10.00. The lowest BCUT2D eigenvalue weighted by molar-refractivity contribution is -0.139. The average Bonchev–Trinajstić information content (AvgIpc) is 3.65. The number of nitrogens with one attached hydrogen (secondary N) is 11. The van der Waals surface area contributed by atoms with Crippen molar-refractivity contribution in [2.45, 2.75) is 204 Å². The summed E-state index contributed by atoms with van der Waals surface area (Å²) in [6.07, 6.45) is -1.58. The largest absolute Gasteiger partial charge is 0.391 e. The quantitative estimate of drug-likeness (QED) is 0.0369. The molecule has 0 aromatic heterocycles. The summed E-state index contributed by atoms with van der Waals surface area (Å²) in [6, 6.07) is -4.22. The van der Waals surface area contributed by atoms with Gasteiger partial charge in [-0.3, -0.25) is 58.2 Å². The van der Waals surface area contributed by atoms with Crippen molar-refractivity contribution in [1.82, 2.24) is 63.4 Å². The fourth-order valence-electron chi connectivity index (χ4n) is 9.78. The van der Waals surface area contributed by atoms with Gasteiger partial charge in [0.05, 0.1) is 12.2 Å². The van der Waals surface area contributed by atoms with Crippen LogP contribution in [0.1, 0.15) is 125 Å². The van der Waals surface area contributed by atoms with Crippen molar-refractivity contribution < 1.29 is 58.2 Å². The number of carbonyl (C=O) groups is 10. The summed E-state index contributed by atoms with van der Waals surface area (Å²) in [5.41, 5.74) is 24.8. The van der Waals surface area contributed by atoms with Crippen LogP contribution in [0.4, 0.5) is 0 Å². The van der Waals surface area contributed by atoms with Crippen molar-refractivity contribution >= 4 is 59.1 Å². The molecule has 84 heavy (non-hydrogen) atoms. The van der Waals surface area contributed by atoms with Gasteiger partial charge in [-0.25, -0.2) is 0 Å². The Morgan fingerprint density at radius 1 is 0.679 bits per heavy atom. The van der Waals surface area contributed by atoms with E-state index < -0.39 is 152 Å². The molecule has 2 heterocycles. The van der Waals surface area contributed by atoms with Crippen molar-refractivity contribution in [2.75, 3.05) is 39.4 Å². The highest BCUT2D eigenvalue weighted by atomic mass is 16.3. The number of aliphatic hydroxyl groups is 2. The number of carbonyl (C=O) groups excluding carboxylic acids is 10. The summed E-state index contributed by atoms with van der Waals surface area (Å²) in [6.45, 7) is 10.9. The lowest BCUT2D eigenvalue weighted by Crippen LogP contribution is -2.65. The van der Waals surface area contributed by atoms with Crippen molar-refractivity contribution in [1.29, 1.82) is 0 Å². The van der Waals surface area contributed by atoms with Gasteiger partial charge in [0.25, 0.3) is 5.91 Å². The lowest BCUT2D eigenvalue weighted by Gasteiger charge is -2.34. The molecule has 28 heteroatoms.